The van der Waals surface area contributed by atoms with Crippen molar-refractivity contribution in [1.29, 1.82) is 0 Å². The van der Waals surface area contributed by atoms with Gasteiger partial charge in [0.25, 0.3) is 0 Å². The van der Waals surface area contributed by atoms with E-state index in [9.17, 15) is 0 Å². The lowest BCUT2D eigenvalue weighted by molar-refractivity contribution is 0.552. The summed E-state index contributed by atoms with van der Waals surface area (Å²) in [5.41, 5.74) is 3.60. The summed E-state index contributed by atoms with van der Waals surface area (Å²) in [6, 6.07) is 0. The van der Waals surface area contributed by atoms with Crippen LogP contribution >= 0.6 is 0 Å². The minimum Gasteiger partial charge on any atom is -0.316 e. The first kappa shape index (κ1) is 16.1. The maximum Gasteiger partial charge on any atom is 0.129 e. The van der Waals surface area contributed by atoms with Gasteiger partial charge in [0.05, 0.1) is 0 Å². The fourth-order valence-electron chi connectivity index (χ4n) is 2.23. The summed E-state index contributed by atoms with van der Waals surface area (Å²) in [5.74, 6) is 2.30. The molecule has 3 nitrogen and oxygen atoms in total. The van der Waals surface area contributed by atoms with E-state index in [4.69, 9.17) is 0 Å². The topological polar surface area (TPSA) is 37.8 Å². The minimum atomic E-state index is 0.609. The van der Waals surface area contributed by atoms with Crippen molar-refractivity contribution < 1.29 is 0 Å². The largest absolute Gasteiger partial charge is 0.316 e. The van der Waals surface area contributed by atoms with Crippen LogP contribution in [0.5, 0.6) is 0 Å². The van der Waals surface area contributed by atoms with Crippen molar-refractivity contribution >= 4 is 0 Å². The Hall–Kier alpha value is -0.960. The van der Waals surface area contributed by atoms with Crippen LogP contribution in [0.25, 0.3) is 0 Å². The Morgan fingerprint density at radius 1 is 0.947 bits per heavy atom. The van der Waals surface area contributed by atoms with E-state index in [1.165, 1.54) is 5.56 Å². The van der Waals surface area contributed by atoms with Gasteiger partial charge >= 0.3 is 0 Å². The van der Waals surface area contributed by atoms with E-state index >= 15 is 0 Å². The van der Waals surface area contributed by atoms with E-state index in [2.05, 4.69) is 56.8 Å². The number of rotatable bonds is 7. The fourth-order valence-corrected chi connectivity index (χ4v) is 2.23. The molecule has 0 radical (unpaired) electrons. The molecule has 1 aromatic heterocycles. The molecular weight excluding hydrogens is 234 g/mol. The van der Waals surface area contributed by atoms with Crippen molar-refractivity contribution in [3.8, 4) is 0 Å². The Labute approximate surface area is 118 Å². The van der Waals surface area contributed by atoms with Gasteiger partial charge in [0.15, 0.2) is 0 Å². The second kappa shape index (κ2) is 7.59. The highest BCUT2D eigenvalue weighted by Gasteiger charge is 2.09. The predicted octanol–water partition coefficient (Wildman–Crippen LogP) is 3.08. The van der Waals surface area contributed by atoms with Gasteiger partial charge in [0.1, 0.15) is 5.82 Å². The third kappa shape index (κ3) is 5.68. The van der Waals surface area contributed by atoms with Crippen LogP contribution in [-0.2, 0) is 12.8 Å². The van der Waals surface area contributed by atoms with E-state index in [-0.39, 0.29) is 0 Å². The Bertz CT molecular complexity index is 374. The number of hydrogen-bond acceptors (Lipinski definition) is 3. The van der Waals surface area contributed by atoms with Gasteiger partial charge in [-0.15, -0.1) is 0 Å². The summed E-state index contributed by atoms with van der Waals surface area (Å²) in [4.78, 5) is 9.30. The molecule has 0 aliphatic carbocycles. The molecule has 108 valence electrons. The first-order valence-corrected chi connectivity index (χ1v) is 7.43. The van der Waals surface area contributed by atoms with Crippen molar-refractivity contribution in [3.63, 3.8) is 0 Å². The zero-order valence-corrected chi connectivity index (χ0v) is 13.4. The quantitative estimate of drug-likeness (QED) is 0.768. The summed E-state index contributed by atoms with van der Waals surface area (Å²) in [5, 5.41) is 3.48. The van der Waals surface area contributed by atoms with Crippen LogP contribution in [-0.4, -0.2) is 23.1 Å². The highest BCUT2D eigenvalue weighted by Crippen LogP contribution is 2.13. The van der Waals surface area contributed by atoms with Crippen molar-refractivity contribution in [1.82, 2.24) is 15.3 Å². The lowest BCUT2D eigenvalue weighted by Crippen LogP contribution is -2.23. The van der Waals surface area contributed by atoms with Gasteiger partial charge in [0.2, 0.25) is 0 Å². The summed E-state index contributed by atoms with van der Waals surface area (Å²) in [6.45, 7) is 15.2. The van der Waals surface area contributed by atoms with Gasteiger partial charge in [-0.05, 0) is 50.8 Å². The summed E-state index contributed by atoms with van der Waals surface area (Å²) in [6.07, 6.45) is 1.99. The van der Waals surface area contributed by atoms with Crippen LogP contribution < -0.4 is 5.32 Å². The van der Waals surface area contributed by atoms with Crippen molar-refractivity contribution in [2.75, 3.05) is 13.1 Å². The van der Waals surface area contributed by atoms with Crippen LogP contribution in [0, 0.1) is 25.7 Å². The number of aromatic nitrogens is 2. The molecule has 0 aliphatic heterocycles. The number of nitrogens with one attached hydrogen (secondary N) is 1. The molecule has 1 aromatic rings. The molecule has 0 saturated heterocycles. The van der Waals surface area contributed by atoms with Crippen molar-refractivity contribution in [2.45, 2.75) is 54.4 Å². The third-order valence-electron chi connectivity index (χ3n) is 3.16. The van der Waals surface area contributed by atoms with Gasteiger partial charge in [-0.25, -0.2) is 9.97 Å². The van der Waals surface area contributed by atoms with Crippen LogP contribution in [0.4, 0.5) is 0 Å². The minimum absolute atomic E-state index is 0.609. The Morgan fingerprint density at radius 3 is 2.00 bits per heavy atom. The molecule has 0 spiro atoms. The van der Waals surface area contributed by atoms with Gasteiger partial charge in [-0.3, -0.25) is 0 Å². The Balaban J connectivity index is 2.63. The predicted molar refractivity (Wildman–Crippen MR) is 81.5 cm³/mol. The molecule has 1 N–H and O–H groups in total. The smallest absolute Gasteiger partial charge is 0.129 e. The van der Waals surface area contributed by atoms with E-state index in [0.717, 1.165) is 43.1 Å². The monoisotopic (exact) mass is 263 g/mol. The highest BCUT2D eigenvalue weighted by molar-refractivity contribution is 5.24. The molecular formula is C16H29N3. The molecule has 0 bridgehead atoms. The molecule has 0 aliphatic rings. The maximum atomic E-state index is 4.65. The normalized spacial score (nSPS) is 11.6. The summed E-state index contributed by atoms with van der Waals surface area (Å²) >= 11 is 0. The molecule has 0 aromatic carbocycles. The third-order valence-corrected chi connectivity index (χ3v) is 3.16. The average molecular weight is 263 g/mol. The SMILES string of the molecule is Cc1nc(CC(C)C)nc(C)c1CCNCC(C)C. The highest BCUT2D eigenvalue weighted by atomic mass is 14.9. The van der Waals surface area contributed by atoms with E-state index < -0.39 is 0 Å². The molecule has 3 heteroatoms. The molecule has 1 heterocycles. The lowest BCUT2D eigenvalue weighted by atomic mass is 10.1. The average Bonchev–Trinajstić information content (AvgIpc) is 2.25. The lowest BCUT2D eigenvalue weighted by Gasteiger charge is -2.13. The maximum absolute atomic E-state index is 4.65. The van der Waals surface area contributed by atoms with Crippen molar-refractivity contribution in [3.05, 3.63) is 22.8 Å². The zero-order chi connectivity index (χ0) is 14.4. The molecule has 0 amide bonds. The molecule has 0 unspecified atom stereocenters. The van der Waals surface area contributed by atoms with E-state index in [1.54, 1.807) is 0 Å². The Morgan fingerprint density at radius 2 is 1.53 bits per heavy atom. The number of hydrogen-bond donors (Lipinski definition) is 1. The van der Waals surface area contributed by atoms with Gasteiger partial charge in [-0.1, -0.05) is 27.7 Å². The first-order chi connectivity index (χ1) is 8.90. The van der Waals surface area contributed by atoms with Gasteiger partial charge in [0, 0.05) is 17.8 Å². The molecule has 0 fully saturated rings. The standard InChI is InChI=1S/C16H29N3/c1-11(2)9-16-18-13(5)15(14(6)19-16)7-8-17-10-12(3)4/h11-12,17H,7-10H2,1-6H3. The van der Waals surface area contributed by atoms with Crippen LogP contribution in [0.15, 0.2) is 0 Å². The van der Waals surface area contributed by atoms with Gasteiger partial charge < -0.3 is 5.32 Å². The molecule has 1 rings (SSSR count). The van der Waals surface area contributed by atoms with E-state index in [1.807, 2.05) is 0 Å². The van der Waals surface area contributed by atoms with E-state index in [0.29, 0.717) is 11.8 Å². The molecule has 19 heavy (non-hydrogen) atoms. The summed E-state index contributed by atoms with van der Waals surface area (Å²) in [7, 11) is 0. The number of nitrogens with zero attached hydrogens (tertiary/aromatic N) is 2. The van der Waals surface area contributed by atoms with Gasteiger partial charge in [-0.2, -0.15) is 0 Å². The first-order valence-electron chi connectivity index (χ1n) is 7.43. The van der Waals surface area contributed by atoms with Crippen LogP contribution in [0.1, 0.15) is 50.5 Å². The summed E-state index contributed by atoms with van der Waals surface area (Å²) < 4.78 is 0. The Kier molecular flexibility index (Phi) is 6.43. The van der Waals surface area contributed by atoms with Crippen molar-refractivity contribution in [2.24, 2.45) is 11.8 Å². The zero-order valence-electron chi connectivity index (χ0n) is 13.4. The molecule has 0 saturated carbocycles. The second-order valence-electron chi connectivity index (χ2n) is 6.24. The fraction of sp³-hybridized carbons (Fsp3) is 0.750. The number of aryl methyl sites for hydroxylation is 2. The van der Waals surface area contributed by atoms with Crippen LogP contribution in [0.2, 0.25) is 0 Å². The molecule has 0 atom stereocenters. The second-order valence-corrected chi connectivity index (χ2v) is 6.24. The van der Waals surface area contributed by atoms with Crippen LogP contribution in [0.3, 0.4) is 0 Å².